The number of nitrogens with one attached hydrogen (secondary N) is 1. The summed E-state index contributed by atoms with van der Waals surface area (Å²) < 4.78 is 0. The van der Waals surface area contributed by atoms with Crippen LogP contribution in [-0.2, 0) is 0 Å². The second-order valence-corrected chi connectivity index (χ2v) is 6.56. The van der Waals surface area contributed by atoms with E-state index in [-0.39, 0.29) is 0 Å². The summed E-state index contributed by atoms with van der Waals surface area (Å²) in [6.07, 6.45) is 8.21. The van der Waals surface area contributed by atoms with Gasteiger partial charge in [-0.1, -0.05) is 26.7 Å². The van der Waals surface area contributed by atoms with E-state index in [1.807, 2.05) is 0 Å². The fourth-order valence-electron chi connectivity index (χ4n) is 2.91. The molecular formula is C16H35N3. The molecule has 1 saturated heterocycles. The zero-order valence-electron chi connectivity index (χ0n) is 13.6. The van der Waals surface area contributed by atoms with Crippen molar-refractivity contribution in [3.8, 4) is 0 Å². The highest BCUT2D eigenvalue weighted by Gasteiger charge is 2.21. The summed E-state index contributed by atoms with van der Waals surface area (Å²) in [5.74, 6) is 0. The zero-order chi connectivity index (χ0) is 14.1. The molecule has 1 aliphatic heterocycles. The van der Waals surface area contributed by atoms with Crippen LogP contribution in [0.25, 0.3) is 0 Å². The molecule has 1 fully saturated rings. The van der Waals surface area contributed by atoms with Gasteiger partial charge in [-0.3, -0.25) is 0 Å². The van der Waals surface area contributed by atoms with Crippen LogP contribution in [0.2, 0.25) is 0 Å². The minimum Gasteiger partial charge on any atom is -0.315 e. The van der Waals surface area contributed by atoms with Crippen molar-refractivity contribution in [1.82, 2.24) is 15.1 Å². The molecule has 19 heavy (non-hydrogen) atoms. The van der Waals surface area contributed by atoms with Crippen molar-refractivity contribution in [3.63, 3.8) is 0 Å². The number of unbranched alkanes of at least 4 members (excludes halogenated alkanes) is 3. The molecule has 1 rings (SSSR count). The summed E-state index contributed by atoms with van der Waals surface area (Å²) >= 11 is 0. The van der Waals surface area contributed by atoms with Crippen LogP contribution in [0.3, 0.4) is 0 Å². The predicted molar refractivity (Wildman–Crippen MR) is 84.8 cm³/mol. The smallest absolute Gasteiger partial charge is 0.0220 e. The van der Waals surface area contributed by atoms with Crippen LogP contribution in [0.4, 0.5) is 0 Å². The first kappa shape index (κ1) is 16.9. The van der Waals surface area contributed by atoms with Crippen LogP contribution < -0.4 is 5.32 Å². The highest BCUT2D eigenvalue weighted by molar-refractivity contribution is 4.78. The molecule has 1 aliphatic rings. The SMILES string of the molecule is CC(C)NCCCCCCN(C)CC1CCCN1C. The van der Waals surface area contributed by atoms with Gasteiger partial charge in [-0.25, -0.2) is 0 Å². The predicted octanol–water partition coefficient (Wildman–Crippen LogP) is 2.57. The van der Waals surface area contributed by atoms with E-state index in [0.717, 1.165) is 6.04 Å². The van der Waals surface area contributed by atoms with Crippen LogP contribution in [0.5, 0.6) is 0 Å². The molecule has 0 aromatic heterocycles. The van der Waals surface area contributed by atoms with E-state index in [1.54, 1.807) is 0 Å². The third kappa shape index (κ3) is 7.91. The average Bonchev–Trinajstić information content (AvgIpc) is 2.73. The van der Waals surface area contributed by atoms with E-state index in [0.29, 0.717) is 6.04 Å². The molecule has 0 saturated carbocycles. The van der Waals surface area contributed by atoms with Gasteiger partial charge in [-0.15, -0.1) is 0 Å². The maximum Gasteiger partial charge on any atom is 0.0220 e. The first-order valence-corrected chi connectivity index (χ1v) is 8.21. The molecule has 0 spiro atoms. The van der Waals surface area contributed by atoms with Gasteiger partial charge in [0.25, 0.3) is 0 Å². The molecule has 0 bridgehead atoms. The van der Waals surface area contributed by atoms with Crippen LogP contribution in [0.15, 0.2) is 0 Å². The zero-order valence-corrected chi connectivity index (χ0v) is 13.6. The Morgan fingerprint density at radius 3 is 2.58 bits per heavy atom. The number of hydrogen-bond donors (Lipinski definition) is 1. The van der Waals surface area contributed by atoms with Gasteiger partial charge in [0.1, 0.15) is 0 Å². The number of nitrogens with zero attached hydrogens (tertiary/aromatic N) is 2. The second-order valence-electron chi connectivity index (χ2n) is 6.56. The molecule has 1 N–H and O–H groups in total. The fourth-order valence-corrected chi connectivity index (χ4v) is 2.91. The quantitative estimate of drug-likeness (QED) is 0.615. The van der Waals surface area contributed by atoms with Crippen molar-refractivity contribution < 1.29 is 0 Å². The normalized spacial score (nSPS) is 20.8. The molecule has 1 atom stereocenters. The van der Waals surface area contributed by atoms with Crippen LogP contribution >= 0.6 is 0 Å². The summed E-state index contributed by atoms with van der Waals surface area (Å²) in [4.78, 5) is 5.05. The number of likely N-dealkylation sites (N-methyl/N-ethyl adjacent to an activating group) is 2. The molecule has 0 aliphatic carbocycles. The van der Waals surface area contributed by atoms with Crippen molar-refractivity contribution in [1.29, 1.82) is 0 Å². The molecule has 0 radical (unpaired) electrons. The third-order valence-corrected chi connectivity index (χ3v) is 4.21. The van der Waals surface area contributed by atoms with Gasteiger partial charge in [0.15, 0.2) is 0 Å². The van der Waals surface area contributed by atoms with E-state index in [2.05, 4.69) is 43.1 Å². The van der Waals surface area contributed by atoms with Gasteiger partial charge < -0.3 is 15.1 Å². The molecule has 0 aromatic rings. The Kier molecular flexibility index (Phi) is 8.67. The highest BCUT2D eigenvalue weighted by Crippen LogP contribution is 2.15. The van der Waals surface area contributed by atoms with Gasteiger partial charge in [0, 0.05) is 18.6 Å². The van der Waals surface area contributed by atoms with E-state index < -0.39 is 0 Å². The summed E-state index contributed by atoms with van der Waals surface area (Å²) in [6.45, 7) is 9.43. The molecule has 0 amide bonds. The Morgan fingerprint density at radius 1 is 1.21 bits per heavy atom. The topological polar surface area (TPSA) is 18.5 Å². The van der Waals surface area contributed by atoms with E-state index in [9.17, 15) is 0 Å². The Labute approximate surface area is 120 Å². The van der Waals surface area contributed by atoms with Crippen molar-refractivity contribution in [3.05, 3.63) is 0 Å². The van der Waals surface area contributed by atoms with Crippen molar-refractivity contribution in [2.24, 2.45) is 0 Å². The van der Waals surface area contributed by atoms with Gasteiger partial charge in [0.2, 0.25) is 0 Å². The lowest BCUT2D eigenvalue weighted by Crippen LogP contribution is -2.37. The Bertz CT molecular complexity index is 218. The minimum absolute atomic E-state index is 0.634. The summed E-state index contributed by atoms with van der Waals surface area (Å²) in [7, 11) is 4.56. The summed E-state index contributed by atoms with van der Waals surface area (Å²) in [5, 5.41) is 3.48. The molecule has 1 unspecified atom stereocenters. The lowest BCUT2D eigenvalue weighted by atomic mass is 10.1. The molecule has 1 heterocycles. The van der Waals surface area contributed by atoms with Crippen molar-refractivity contribution in [2.75, 3.05) is 40.3 Å². The summed E-state index contributed by atoms with van der Waals surface area (Å²) in [5.41, 5.74) is 0. The molecular weight excluding hydrogens is 234 g/mol. The first-order valence-electron chi connectivity index (χ1n) is 8.21. The third-order valence-electron chi connectivity index (χ3n) is 4.21. The Hall–Kier alpha value is -0.120. The second kappa shape index (κ2) is 9.73. The summed E-state index contributed by atoms with van der Waals surface area (Å²) in [6, 6.07) is 1.44. The molecule has 0 aromatic carbocycles. The standard InChI is InChI=1S/C16H35N3/c1-15(2)17-11-7-5-6-8-12-18(3)14-16-10-9-13-19(16)4/h15-17H,5-14H2,1-4H3. The largest absolute Gasteiger partial charge is 0.315 e. The van der Waals surface area contributed by atoms with E-state index in [4.69, 9.17) is 0 Å². The maximum atomic E-state index is 3.48. The maximum absolute atomic E-state index is 3.48. The van der Waals surface area contributed by atoms with Gasteiger partial charge in [-0.05, 0) is 59.4 Å². The number of rotatable bonds is 10. The van der Waals surface area contributed by atoms with E-state index in [1.165, 1.54) is 64.7 Å². The van der Waals surface area contributed by atoms with Crippen molar-refractivity contribution in [2.45, 2.75) is 64.5 Å². The molecule has 3 nitrogen and oxygen atoms in total. The van der Waals surface area contributed by atoms with Crippen LogP contribution in [-0.4, -0.2) is 62.2 Å². The monoisotopic (exact) mass is 269 g/mol. The highest BCUT2D eigenvalue weighted by atomic mass is 15.2. The van der Waals surface area contributed by atoms with Gasteiger partial charge >= 0.3 is 0 Å². The average molecular weight is 269 g/mol. The first-order chi connectivity index (χ1) is 9.09. The van der Waals surface area contributed by atoms with Gasteiger partial charge in [-0.2, -0.15) is 0 Å². The fraction of sp³-hybridized carbons (Fsp3) is 1.00. The number of hydrogen-bond acceptors (Lipinski definition) is 3. The lowest BCUT2D eigenvalue weighted by Gasteiger charge is -2.25. The van der Waals surface area contributed by atoms with Gasteiger partial charge in [0.05, 0.1) is 0 Å². The minimum atomic E-state index is 0.634. The Balaban J connectivity index is 1.91. The molecule has 3 heteroatoms. The van der Waals surface area contributed by atoms with Crippen LogP contribution in [0, 0.1) is 0 Å². The lowest BCUT2D eigenvalue weighted by molar-refractivity contribution is 0.217. The number of likely N-dealkylation sites (tertiary alicyclic amines) is 1. The van der Waals surface area contributed by atoms with E-state index >= 15 is 0 Å². The molecule has 114 valence electrons. The van der Waals surface area contributed by atoms with Crippen LogP contribution in [0.1, 0.15) is 52.4 Å². The van der Waals surface area contributed by atoms with Crippen molar-refractivity contribution >= 4 is 0 Å². The Morgan fingerprint density at radius 2 is 1.95 bits per heavy atom.